The molecule has 6 nitrogen and oxygen atoms in total. The summed E-state index contributed by atoms with van der Waals surface area (Å²) in [5.41, 5.74) is 0. The van der Waals surface area contributed by atoms with Crippen LogP contribution in [0.4, 0.5) is 0 Å². The van der Waals surface area contributed by atoms with E-state index in [0.717, 1.165) is 25.7 Å². The lowest BCUT2D eigenvalue weighted by molar-refractivity contribution is -0.157. The Hall–Kier alpha value is -1.56. The molecule has 0 radical (unpaired) electrons. The minimum atomic E-state index is -0.213. The Morgan fingerprint density at radius 1 is 0.800 bits per heavy atom. The molecule has 0 aromatic rings. The standard InChI is InChI=1S/C15H26O3.C14H26O3/c1-10(2)13-7-5-11(3)9-14(13)18-15(17)8-6-12(4)16;1-10(2)12-7-6-11(3)9-13(12)17-14(16)5-4-8-15/h10-11,13-14,16H,4-9H2,1-3H3;10-13,15H,4-9H2,1-3H3/t11-,13+,14-;11-,12+,13-/m11/s1. The first-order chi connectivity index (χ1) is 16.4. The lowest BCUT2D eigenvalue weighted by Crippen LogP contribution is -2.35. The van der Waals surface area contributed by atoms with Gasteiger partial charge in [-0.15, -0.1) is 0 Å². The second-order valence-electron chi connectivity index (χ2n) is 11.6. The molecule has 0 bridgehead atoms. The number of ether oxygens (including phenoxy) is 2. The number of hydrogen-bond donors (Lipinski definition) is 2. The molecule has 0 aromatic heterocycles. The van der Waals surface area contributed by atoms with E-state index < -0.39 is 0 Å². The summed E-state index contributed by atoms with van der Waals surface area (Å²) >= 11 is 0. The van der Waals surface area contributed by atoms with Gasteiger partial charge in [0.25, 0.3) is 0 Å². The molecular formula is C29H52O6. The Labute approximate surface area is 213 Å². The number of esters is 2. The van der Waals surface area contributed by atoms with Crippen LogP contribution >= 0.6 is 0 Å². The van der Waals surface area contributed by atoms with Gasteiger partial charge < -0.3 is 19.7 Å². The average molecular weight is 497 g/mol. The maximum atomic E-state index is 11.7. The highest BCUT2D eigenvalue weighted by Crippen LogP contribution is 2.36. The van der Waals surface area contributed by atoms with Crippen LogP contribution in [-0.4, -0.2) is 41.0 Å². The lowest BCUT2D eigenvalue weighted by atomic mass is 9.75. The summed E-state index contributed by atoms with van der Waals surface area (Å²) in [6, 6.07) is 0. The number of allylic oxidation sites excluding steroid dienone is 1. The molecule has 35 heavy (non-hydrogen) atoms. The zero-order valence-corrected chi connectivity index (χ0v) is 23.1. The zero-order chi connectivity index (χ0) is 26.5. The summed E-state index contributed by atoms with van der Waals surface area (Å²) in [6.45, 7) is 16.7. The minimum absolute atomic E-state index is 0.0457. The molecule has 2 aliphatic rings. The van der Waals surface area contributed by atoms with E-state index >= 15 is 0 Å². The third-order valence-corrected chi connectivity index (χ3v) is 7.65. The zero-order valence-electron chi connectivity index (χ0n) is 23.1. The average Bonchev–Trinajstić information content (AvgIpc) is 2.76. The van der Waals surface area contributed by atoms with Gasteiger partial charge in [-0.1, -0.05) is 61.0 Å². The fraction of sp³-hybridized carbons (Fsp3) is 0.862. The van der Waals surface area contributed by atoms with Crippen LogP contribution in [-0.2, 0) is 19.1 Å². The minimum Gasteiger partial charge on any atom is -0.513 e. The molecule has 2 rings (SSSR count). The van der Waals surface area contributed by atoms with E-state index in [1.54, 1.807) is 0 Å². The van der Waals surface area contributed by atoms with Crippen molar-refractivity contribution >= 4 is 11.9 Å². The molecule has 0 heterocycles. The van der Waals surface area contributed by atoms with Gasteiger partial charge in [-0.25, -0.2) is 0 Å². The quantitative estimate of drug-likeness (QED) is 0.261. The molecular weight excluding hydrogens is 444 g/mol. The maximum Gasteiger partial charge on any atom is 0.306 e. The van der Waals surface area contributed by atoms with E-state index in [-0.39, 0.29) is 42.9 Å². The van der Waals surface area contributed by atoms with Crippen LogP contribution in [0.25, 0.3) is 0 Å². The summed E-state index contributed by atoms with van der Waals surface area (Å²) in [5.74, 6) is 3.06. The molecule has 2 saturated carbocycles. The van der Waals surface area contributed by atoms with E-state index in [2.05, 4.69) is 48.1 Å². The molecule has 0 aliphatic heterocycles. The first-order valence-corrected chi connectivity index (χ1v) is 13.8. The van der Waals surface area contributed by atoms with Crippen LogP contribution in [0.1, 0.15) is 106 Å². The van der Waals surface area contributed by atoms with Crippen molar-refractivity contribution in [3.05, 3.63) is 12.3 Å². The maximum absolute atomic E-state index is 11.7. The number of carbonyl (C=O) groups is 2. The largest absolute Gasteiger partial charge is 0.513 e. The van der Waals surface area contributed by atoms with E-state index in [1.165, 1.54) is 12.8 Å². The highest BCUT2D eigenvalue weighted by molar-refractivity contribution is 5.70. The van der Waals surface area contributed by atoms with Crippen molar-refractivity contribution in [3.63, 3.8) is 0 Å². The molecule has 6 atom stereocenters. The first-order valence-electron chi connectivity index (χ1n) is 13.8. The van der Waals surface area contributed by atoms with Gasteiger partial charge in [0.05, 0.1) is 12.2 Å². The van der Waals surface area contributed by atoms with Gasteiger partial charge in [0, 0.05) is 19.4 Å². The van der Waals surface area contributed by atoms with Gasteiger partial charge in [0.2, 0.25) is 0 Å². The van der Waals surface area contributed by atoms with E-state index in [9.17, 15) is 9.59 Å². The van der Waals surface area contributed by atoms with E-state index in [1.807, 2.05) is 0 Å². The Morgan fingerprint density at radius 3 is 1.60 bits per heavy atom. The van der Waals surface area contributed by atoms with Crippen molar-refractivity contribution in [3.8, 4) is 0 Å². The Bertz CT molecular complexity index is 643. The van der Waals surface area contributed by atoms with Gasteiger partial charge in [-0.2, -0.15) is 0 Å². The van der Waals surface area contributed by atoms with Crippen LogP contribution in [0.15, 0.2) is 12.3 Å². The van der Waals surface area contributed by atoms with Gasteiger partial charge in [0.1, 0.15) is 12.2 Å². The summed E-state index contributed by atoms with van der Waals surface area (Å²) in [7, 11) is 0. The predicted molar refractivity (Wildman–Crippen MR) is 140 cm³/mol. The third-order valence-electron chi connectivity index (χ3n) is 7.65. The van der Waals surface area contributed by atoms with Crippen LogP contribution in [0.5, 0.6) is 0 Å². The monoisotopic (exact) mass is 496 g/mol. The highest BCUT2D eigenvalue weighted by atomic mass is 16.5. The van der Waals surface area contributed by atoms with Gasteiger partial charge in [0.15, 0.2) is 0 Å². The van der Waals surface area contributed by atoms with Crippen LogP contribution < -0.4 is 0 Å². The van der Waals surface area contributed by atoms with Crippen molar-refractivity contribution in [2.75, 3.05) is 6.61 Å². The summed E-state index contributed by atoms with van der Waals surface area (Å²) in [4.78, 5) is 23.3. The molecule has 2 fully saturated rings. The van der Waals surface area contributed by atoms with Gasteiger partial charge in [-0.3, -0.25) is 9.59 Å². The molecule has 0 unspecified atom stereocenters. The smallest absolute Gasteiger partial charge is 0.306 e. The lowest BCUT2D eigenvalue weighted by Gasteiger charge is -2.36. The van der Waals surface area contributed by atoms with Crippen molar-refractivity contribution in [2.24, 2.45) is 35.5 Å². The predicted octanol–water partition coefficient (Wildman–Crippen LogP) is 6.61. The molecule has 0 saturated heterocycles. The summed E-state index contributed by atoms with van der Waals surface area (Å²) in [6.07, 6.45) is 8.25. The molecule has 204 valence electrons. The fourth-order valence-corrected chi connectivity index (χ4v) is 5.43. The molecule has 0 amide bonds. The van der Waals surface area contributed by atoms with Crippen molar-refractivity contribution in [1.82, 2.24) is 0 Å². The van der Waals surface area contributed by atoms with Gasteiger partial charge >= 0.3 is 11.9 Å². The summed E-state index contributed by atoms with van der Waals surface area (Å²) in [5, 5.41) is 17.7. The number of carbonyl (C=O) groups excluding carboxylic acids is 2. The van der Waals surface area contributed by atoms with Crippen LogP contribution in [0, 0.1) is 35.5 Å². The van der Waals surface area contributed by atoms with E-state index in [0.29, 0.717) is 54.8 Å². The summed E-state index contributed by atoms with van der Waals surface area (Å²) < 4.78 is 11.2. The first kappa shape index (κ1) is 31.5. The normalized spacial score (nSPS) is 28.7. The van der Waals surface area contributed by atoms with Crippen LogP contribution in [0.3, 0.4) is 0 Å². The Morgan fingerprint density at radius 2 is 1.23 bits per heavy atom. The molecule has 2 N–H and O–H groups in total. The number of aliphatic hydroxyl groups is 2. The molecule has 0 spiro atoms. The number of aliphatic hydroxyl groups excluding tert-OH is 2. The van der Waals surface area contributed by atoms with Crippen LogP contribution in [0.2, 0.25) is 0 Å². The van der Waals surface area contributed by atoms with Crippen molar-refractivity contribution in [2.45, 2.75) is 118 Å². The second-order valence-corrected chi connectivity index (χ2v) is 11.6. The third kappa shape index (κ3) is 12.3. The highest BCUT2D eigenvalue weighted by Gasteiger charge is 2.34. The SMILES string of the molecule is C=C(O)CCC(=O)O[C@@H]1C[C@H](C)CC[C@H]1C(C)C.CC(C)[C@@H]1CC[C@@H](C)C[C@H]1OC(=O)CCCO. The molecule has 0 aromatic carbocycles. The van der Waals surface area contributed by atoms with Crippen molar-refractivity contribution in [1.29, 1.82) is 0 Å². The number of rotatable bonds is 10. The van der Waals surface area contributed by atoms with E-state index in [4.69, 9.17) is 19.7 Å². The molecule has 2 aliphatic carbocycles. The Kier molecular flexibility index (Phi) is 14.6. The molecule has 6 heteroatoms. The Balaban J connectivity index is 0.000000351. The topological polar surface area (TPSA) is 93.1 Å². The second kappa shape index (κ2) is 16.2. The fourth-order valence-electron chi connectivity index (χ4n) is 5.43. The van der Waals surface area contributed by atoms with Crippen molar-refractivity contribution < 1.29 is 29.3 Å². The number of hydrogen-bond acceptors (Lipinski definition) is 6. The van der Waals surface area contributed by atoms with Gasteiger partial charge in [-0.05, 0) is 67.6 Å².